The van der Waals surface area contributed by atoms with Crippen LogP contribution in [0, 0.1) is 0 Å². The van der Waals surface area contributed by atoms with Crippen molar-refractivity contribution in [3.8, 4) is 22.3 Å². The third-order valence-corrected chi connectivity index (χ3v) is 6.96. The molecule has 0 aliphatic carbocycles. The zero-order chi connectivity index (χ0) is 27.6. The van der Waals surface area contributed by atoms with Crippen LogP contribution in [0.1, 0.15) is 0 Å². The predicted molar refractivity (Wildman–Crippen MR) is 174 cm³/mol. The van der Waals surface area contributed by atoms with Crippen LogP contribution in [0.2, 0.25) is 0 Å². The van der Waals surface area contributed by atoms with E-state index in [1.807, 2.05) is 18.2 Å². The summed E-state index contributed by atoms with van der Waals surface area (Å²) in [4.78, 5) is 4.56. The predicted octanol–water partition coefficient (Wildman–Crippen LogP) is 10.2. The average molecular weight is 519 g/mol. The van der Waals surface area contributed by atoms with E-state index >= 15 is 0 Å². The minimum Gasteiger partial charge on any atom is -0.345 e. The number of hydrogen-bond donors (Lipinski definition) is 0. The third-order valence-electron chi connectivity index (χ3n) is 6.96. The lowest BCUT2D eigenvalue weighted by Crippen LogP contribution is -2.17. The van der Waals surface area contributed by atoms with Gasteiger partial charge in [-0.2, -0.15) is 0 Å². The van der Waals surface area contributed by atoms with E-state index in [4.69, 9.17) is 0 Å². The maximum atomic E-state index is 3.75. The van der Waals surface area contributed by atoms with E-state index in [1.54, 1.807) is 6.08 Å². The molecule has 5 aromatic carbocycles. The number of rotatable bonds is 10. The Labute approximate surface area is 238 Å². The van der Waals surface area contributed by atoms with Crippen molar-refractivity contribution >= 4 is 22.7 Å². The summed E-state index contributed by atoms with van der Waals surface area (Å²) in [5.74, 6) is 0. The zero-order valence-corrected chi connectivity index (χ0v) is 22.9. The average Bonchev–Trinajstić information content (AvgIpc) is 3.03. The van der Waals surface area contributed by atoms with E-state index in [2.05, 4.69) is 163 Å². The molecule has 2 nitrogen and oxygen atoms in total. The maximum absolute atomic E-state index is 3.75. The molecule has 0 N–H and O–H groups in total. The van der Waals surface area contributed by atoms with Crippen molar-refractivity contribution in [2.24, 2.45) is 0 Å². The fourth-order valence-electron chi connectivity index (χ4n) is 4.74. The molecule has 2 heteroatoms. The topological polar surface area (TPSA) is 6.48 Å². The fraction of sp³-hybridized carbons (Fsp3) is 0.0526. The number of nitrogens with zero attached hydrogens (tertiary/aromatic N) is 2. The summed E-state index contributed by atoms with van der Waals surface area (Å²) in [5.41, 5.74) is 9.44. The van der Waals surface area contributed by atoms with Crippen LogP contribution in [0.15, 0.2) is 170 Å². The molecular weight excluding hydrogens is 484 g/mol. The third kappa shape index (κ3) is 6.48. The Bertz CT molecular complexity index is 1570. The van der Waals surface area contributed by atoms with Crippen molar-refractivity contribution in [2.45, 2.75) is 0 Å². The van der Waals surface area contributed by atoms with Crippen LogP contribution in [0.3, 0.4) is 0 Å². The SMILES string of the molecule is C=C/C=C\C=C/CN(c1ccc(N(C)c2ccc(-c3ccccc3)cc2)cc1)c1cccc(-c2ccccc2)c1. The van der Waals surface area contributed by atoms with Gasteiger partial charge in [-0.05, 0) is 70.8 Å². The highest BCUT2D eigenvalue weighted by molar-refractivity contribution is 5.75. The molecule has 40 heavy (non-hydrogen) atoms. The van der Waals surface area contributed by atoms with Crippen LogP contribution in [-0.2, 0) is 0 Å². The van der Waals surface area contributed by atoms with Gasteiger partial charge in [-0.25, -0.2) is 0 Å². The summed E-state index contributed by atoms with van der Waals surface area (Å²) in [6.07, 6.45) is 9.97. The van der Waals surface area contributed by atoms with Crippen LogP contribution < -0.4 is 9.80 Å². The minimum absolute atomic E-state index is 0.746. The molecule has 5 rings (SSSR count). The summed E-state index contributed by atoms with van der Waals surface area (Å²) >= 11 is 0. The van der Waals surface area contributed by atoms with Crippen molar-refractivity contribution in [3.63, 3.8) is 0 Å². The summed E-state index contributed by atoms with van der Waals surface area (Å²) in [6.45, 7) is 4.50. The van der Waals surface area contributed by atoms with Gasteiger partial charge in [0.25, 0.3) is 0 Å². The van der Waals surface area contributed by atoms with Crippen LogP contribution >= 0.6 is 0 Å². The van der Waals surface area contributed by atoms with Crippen LogP contribution in [0.4, 0.5) is 22.7 Å². The maximum Gasteiger partial charge on any atom is 0.0419 e. The number of hydrogen-bond acceptors (Lipinski definition) is 2. The summed E-state index contributed by atoms with van der Waals surface area (Å²) in [7, 11) is 2.11. The van der Waals surface area contributed by atoms with Gasteiger partial charge in [0.2, 0.25) is 0 Å². The Morgan fingerprint density at radius 1 is 0.500 bits per heavy atom. The van der Waals surface area contributed by atoms with Gasteiger partial charge in [-0.1, -0.05) is 122 Å². The molecule has 0 bridgehead atoms. The quantitative estimate of drug-likeness (QED) is 0.170. The second-order valence-electron chi connectivity index (χ2n) is 9.56. The Hall–Kier alpha value is -5.08. The summed E-state index contributed by atoms with van der Waals surface area (Å²) in [5, 5.41) is 0. The zero-order valence-electron chi connectivity index (χ0n) is 22.9. The molecule has 0 unspecified atom stereocenters. The van der Waals surface area contributed by atoms with Crippen LogP contribution in [0.5, 0.6) is 0 Å². The molecular formula is C38H34N2. The van der Waals surface area contributed by atoms with Crippen molar-refractivity contribution in [3.05, 3.63) is 170 Å². The first-order chi connectivity index (χ1) is 19.7. The first-order valence-electron chi connectivity index (χ1n) is 13.6. The molecule has 0 spiro atoms. The van der Waals surface area contributed by atoms with Gasteiger partial charge < -0.3 is 9.80 Å². The first-order valence-corrected chi connectivity index (χ1v) is 13.6. The lowest BCUT2D eigenvalue weighted by molar-refractivity contribution is 1.09. The van der Waals surface area contributed by atoms with Gasteiger partial charge in [-0.3, -0.25) is 0 Å². The monoisotopic (exact) mass is 518 g/mol. The molecule has 0 aromatic heterocycles. The minimum atomic E-state index is 0.746. The van der Waals surface area contributed by atoms with Crippen molar-refractivity contribution in [1.29, 1.82) is 0 Å². The standard InChI is InChI=1S/C38H34N2/c1-3-4-5-6-13-29-40(38-20-14-19-34(30-38)32-17-11-8-12-18-32)37-27-25-36(26-28-37)39(2)35-23-21-33(22-24-35)31-15-9-7-10-16-31/h3-28,30H,1,29H2,2H3/b5-4-,13-6-. The fourth-order valence-corrected chi connectivity index (χ4v) is 4.74. The molecule has 0 heterocycles. The number of allylic oxidation sites excluding steroid dienone is 4. The van der Waals surface area contributed by atoms with E-state index in [9.17, 15) is 0 Å². The van der Waals surface area contributed by atoms with Crippen molar-refractivity contribution in [1.82, 2.24) is 0 Å². The molecule has 0 aliphatic rings. The lowest BCUT2D eigenvalue weighted by atomic mass is 10.0. The van der Waals surface area contributed by atoms with Crippen LogP contribution in [-0.4, -0.2) is 13.6 Å². The Balaban J connectivity index is 1.39. The summed E-state index contributed by atoms with van der Waals surface area (Å²) in [6, 6.07) is 47.3. The molecule has 5 aromatic rings. The highest BCUT2D eigenvalue weighted by atomic mass is 15.1. The van der Waals surface area contributed by atoms with Gasteiger partial charge in [0, 0.05) is 36.3 Å². The van der Waals surface area contributed by atoms with Gasteiger partial charge in [0.1, 0.15) is 0 Å². The van der Waals surface area contributed by atoms with Gasteiger partial charge in [-0.15, -0.1) is 0 Å². The van der Waals surface area contributed by atoms with Gasteiger partial charge in [0.05, 0.1) is 0 Å². The summed E-state index contributed by atoms with van der Waals surface area (Å²) < 4.78 is 0. The van der Waals surface area contributed by atoms with E-state index in [0.29, 0.717) is 0 Å². The molecule has 0 radical (unpaired) electrons. The second kappa shape index (κ2) is 13.1. The largest absolute Gasteiger partial charge is 0.345 e. The molecule has 0 aliphatic heterocycles. The Morgan fingerprint density at radius 3 is 1.65 bits per heavy atom. The molecule has 0 saturated heterocycles. The lowest BCUT2D eigenvalue weighted by Gasteiger charge is -2.26. The molecule has 0 atom stereocenters. The van der Waals surface area contributed by atoms with Gasteiger partial charge >= 0.3 is 0 Å². The van der Waals surface area contributed by atoms with Crippen LogP contribution in [0.25, 0.3) is 22.3 Å². The molecule has 0 fully saturated rings. The molecule has 0 saturated carbocycles. The highest BCUT2D eigenvalue weighted by Gasteiger charge is 2.11. The highest BCUT2D eigenvalue weighted by Crippen LogP contribution is 2.33. The smallest absolute Gasteiger partial charge is 0.0419 e. The Morgan fingerprint density at radius 2 is 1.02 bits per heavy atom. The van der Waals surface area contributed by atoms with E-state index in [0.717, 1.165) is 29.3 Å². The van der Waals surface area contributed by atoms with E-state index in [-0.39, 0.29) is 0 Å². The normalized spacial score (nSPS) is 11.1. The van der Waals surface area contributed by atoms with Gasteiger partial charge in [0.15, 0.2) is 0 Å². The second-order valence-corrected chi connectivity index (χ2v) is 9.56. The van der Waals surface area contributed by atoms with E-state index in [1.165, 1.54) is 22.3 Å². The van der Waals surface area contributed by atoms with E-state index < -0.39 is 0 Å². The molecule has 196 valence electrons. The number of anilines is 4. The first kappa shape index (κ1) is 26.5. The van der Waals surface area contributed by atoms with Crippen molar-refractivity contribution < 1.29 is 0 Å². The van der Waals surface area contributed by atoms with Crippen molar-refractivity contribution in [2.75, 3.05) is 23.4 Å². The number of benzene rings is 5. The Kier molecular flexibility index (Phi) is 8.70. The molecule has 0 amide bonds.